The Labute approximate surface area is 164 Å². The molecule has 26 heavy (non-hydrogen) atoms. The molecule has 3 aromatic rings. The third-order valence-electron chi connectivity index (χ3n) is 3.62. The third-order valence-corrected chi connectivity index (χ3v) is 4.74. The first-order valence-corrected chi connectivity index (χ1v) is 8.75. The second-order valence-corrected chi connectivity index (χ2v) is 6.77. The average Bonchev–Trinajstić information content (AvgIpc) is 3.09. The maximum atomic E-state index is 12.4. The zero-order valence-electron chi connectivity index (χ0n) is 13.8. The lowest BCUT2D eigenvalue weighted by Gasteiger charge is -2.12. The van der Waals surface area contributed by atoms with Gasteiger partial charge in [-0.2, -0.15) is 0 Å². The fourth-order valence-electron chi connectivity index (χ4n) is 2.20. The molecule has 0 saturated carbocycles. The van der Waals surface area contributed by atoms with Crippen LogP contribution in [0.15, 0.2) is 40.8 Å². The van der Waals surface area contributed by atoms with Crippen molar-refractivity contribution in [1.29, 1.82) is 0 Å². The van der Waals surface area contributed by atoms with Crippen molar-refractivity contribution < 1.29 is 13.9 Å². The molecule has 0 fully saturated rings. The van der Waals surface area contributed by atoms with Gasteiger partial charge in [-0.05, 0) is 38.1 Å². The second-order valence-electron chi connectivity index (χ2n) is 5.58. The van der Waals surface area contributed by atoms with Crippen molar-refractivity contribution in [3.05, 3.63) is 68.5 Å². The van der Waals surface area contributed by atoms with Crippen LogP contribution in [0.1, 0.15) is 34.8 Å². The zero-order valence-corrected chi connectivity index (χ0v) is 16.1. The van der Waals surface area contributed by atoms with E-state index in [-0.39, 0.29) is 26.5 Å². The Morgan fingerprint density at radius 3 is 2.38 bits per heavy atom. The van der Waals surface area contributed by atoms with Crippen molar-refractivity contribution in [2.24, 2.45) is 0 Å². The molecular formula is C18H13Cl3N2O3. The van der Waals surface area contributed by atoms with E-state index in [0.29, 0.717) is 5.89 Å². The molecule has 1 heterocycles. The molecule has 0 unspecified atom stereocenters. The normalized spacial score (nSPS) is 12.0. The van der Waals surface area contributed by atoms with Crippen molar-refractivity contribution >= 4 is 40.8 Å². The molecule has 0 bridgehead atoms. The molecule has 0 radical (unpaired) electrons. The van der Waals surface area contributed by atoms with E-state index in [0.717, 1.165) is 11.1 Å². The van der Waals surface area contributed by atoms with Gasteiger partial charge in [0.2, 0.25) is 5.89 Å². The molecule has 0 aliphatic heterocycles. The summed E-state index contributed by atoms with van der Waals surface area (Å²) >= 11 is 18.0. The molecule has 1 aromatic heterocycles. The monoisotopic (exact) mass is 410 g/mol. The topological polar surface area (TPSA) is 65.2 Å². The van der Waals surface area contributed by atoms with Gasteiger partial charge in [0.15, 0.2) is 6.10 Å². The fourth-order valence-corrected chi connectivity index (χ4v) is 2.88. The van der Waals surface area contributed by atoms with Gasteiger partial charge in [0.05, 0.1) is 20.6 Å². The molecule has 5 nitrogen and oxygen atoms in total. The van der Waals surface area contributed by atoms with Crippen LogP contribution in [0.5, 0.6) is 0 Å². The van der Waals surface area contributed by atoms with E-state index in [9.17, 15) is 4.79 Å². The molecule has 8 heteroatoms. The van der Waals surface area contributed by atoms with E-state index in [1.807, 2.05) is 31.2 Å². The lowest BCUT2D eigenvalue weighted by molar-refractivity contribution is 0.0280. The molecule has 1 atom stereocenters. The van der Waals surface area contributed by atoms with Gasteiger partial charge in [-0.3, -0.25) is 0 Å². The van der Waals surface area contributed by atoms with Crippen LogP contribution < -0.4 is 0 Å². The molecular weight excluding hydrogens is 399 g/mol. The van der Waals surface area contributed by atoms with Crippen LogP contribution in [0.25, 0.3) is 11.5 Å². The Hall–Kier alpha value is -2.08. The van der Waals surface area contributed by atoms with Crippen molar-refractivity contribution in [2.75, 3.05) is 0 Å². The maximum Gasteiger partial charge on any atom is 0.342 e. The van der Waals surface area contributed by atoms with Crippen LogP contribution in [0.3, 0.4) is 0 Å². The maximum absolute atomic E-state index is 12.4. The van der Waals surface area contributed by atoms with Crippen LogP contribution >= 0.6 is 34.8 Å². The lowest BCUT2D eigenvalue weighted by atomic mass is 10.1. The predicted molar refractivity (Wildman–Crippen MR) is 99.8 cm³/mol. The van der Waals surface area contributed by atoms with Crippen molar-refractivity contribution in [3.63, 3.8) is 0 Å². The summed E-state index contributed by atoms with van der Waals surface area (Å²) < 4.78 is 10.9. The van der Waals surface area contributed by atoms with E-state index in [1.165, 1.54) is 12.1 Å². The molecule has 0 N–H and O–H groups in total. The number of carbonyl (C=O) groups is 1. The Balaban J connectivity index is 1.79. The molecule has 0 amide bonds. The van der Waals surface area contributed by atoms with Crippen LogP contribution in [0.4, 0.5) is 0 Å². The molecule has 0 saturated heterocycles. The predicted octanol–water partition coefficient (Wildman–Crippen LogP) is 5.92. The highest BCUT2D eigenvalue weighted by molar-refractivity contribution is 6.46. The quantitative estimate of drug-likeness (QED) is 0.393. The fraction of sp³-hybridized carbons (Fsp3) is 0.167. The molecule has 134 valence electrons. The summed E-state index contributed by atoms with van der Waals surface area (Å²) in [4.78, 5) is 12.4. The minimum Gasteiger partial charge on any atom is -0.449 e. The standard InChI is InChI=1S/C18H13Cl3N2O3/c1-9-3-5-11(6-4-9)17-23-22-16(26-17)10(2)25-18(24)14-12(19)7-8-13(20)15(14)21/h3-8,10H,1-2H3/t10-/m0/s1. The number of esters is 1. The number of aryl methyl sites for hydroxylation is 1. The summed E-state index contributed by atoms with van der Waals surface area (Å²) in [6.45, 7) is 3.59. The zero-order chi connectivity index (χ0) is 18.8. The molecule has 2 aromatic carbocycles. The Morgan fingerprint density at radius 1 is 1.04 bits per heavy atom. The van der Waals surface area contributed by atoms with Gasteiger partial charge in [-0.15, -0.1) is 10.2 Å². The second kappa shape index (κ2) is 7.66. The first-order valence-electron chi connectivity index (χ1n) is 7.61. The Morgan fingerprint density at radius 2 is 1.69 bits per heavy atom. The van der Waals surface area contributed by atoms with E-state index in [4.69, 9.17) is 44.0 Å². The lowest BCUT2D eigenvalue weighted by Crippen LogP contribution is -2.11. The van der Waals surface area contributed by atoms with Crippen LogP contribution in [-0.2, 0) is 4.74 Å². The highest BCUT2D eigenvalue weighted by Crippen LogP contribution is 2.33. The van der Waals surface area contributed by atoms with Gasteiger partial charge in [0.1, 0.15) is 0 Å². The Bertz CT molecular complexity index is 955. The van der Waals surface area contributed by atoms with Crippen LogP contribution in [0, 0.1) is 6.92 Å². The van der Waals surface area contributed by atoms with E-state index in [2.05, 4.69) is 10.2 Å². The third kappa shape index (κ3) is 3.85. The van der Waals surface area contributed by atoms with Gasteiger partial charge < -0.3 is 9.15 Å². The minimum absolute atomic E-state index is 0.00837. The van der Waals surface area contributed by atoms with Gasteiger partial charge in [-0.1, -0.05) is 52.5 Å². The molecule has 0 aliphatic rings. The number of halogens is 3. The number of carbonyl (C=O) groups excluding carboxylic acids is 1. The number of benzene rings is 2. The highest BCUT2D eigenvalue weighted by Gasteiger charge is 2.24. The average molecular weight is 412 g/mol. The highest BCUT2D eigenvalue weighted by atomic mass is 35.5. The summed E-state index contributed by atoms with van der Waals surface area (Å²) in [5.74, 6) is -0.241. The minimum atomic E-state index is -0.791. The first kappa shape index (κ1) is 18.7. The van der Waals surface area contributed by atoms with Gasteiger partial charge in [0, 0.05) is 5.56 Å². The SMILES string of the molecule is Cc1ccc(-c2nnc([C@H](C)OC(=O)c3c(Cl)ccc(Cl)c3Cl)o2)cc1. The molecule has 3 rings (SSSR count). The van der Waals surface area contributed by atoms with Crippen molar-refractivity contribution in [3.8, 4) is 11.5 Å². The first-order chi connectivity index (χ1) is 12.4. The number of aromatic nitrogens is 2. The number of nitrogens with zero attached hydrogens (tertiary/aromatic N) is 2. The van der Waals surface area contributed by atoms with E-state index < -0.39 is 12.1 Å². The van der Waals surface area contributed by atoms with Crippen LogP contribution in [-0.4, -0.2) is 16.2 Å². The van der Waals surface area contributed by atoms with Gasteiger partial charge >= 0.3 is 5.97 Å². The number of rotatable bonds is 4. The molecule has 0 spiro atoms. The summed E-state index contributed by atoms with van der Waals surface area (Å²) in [7, 11) is 0. The number of hydrogen-bond acceptors (Lipinski definition) is 5. The van der Waals surface area contributed by atoms with Crippen LogP contribution in [0.2, 0.25) is 15.1 Å². The summed E-state index contributed by atoms with van der Waals surface area (Å²) in [6.07, 6.45) is -0.791. The van der Waals surface area contributed by atoms with E-state index >= 15 is 0 Å². The van der Waals surface area contributed by atoms with Crippen molar-refractivity contribution in [1.82, 2.24) is 10.2 Å². The summed E-state index contributed by atoms with van der Waals surface area (Å²) in [5.41, 5.74) is 1.88. The number of ether oxygens (including phenoxy) is 1. The summed E-state index contributed by atoms with van der Waals surface area (Å²) in [6, 6.07) is 10.6. The largest absolute Gasteiger partial charge is 0.449 e. The summed E-state index contributed by atoms with van der Waals surface area (Å²) in [5, 5.41) is 8.30. The number of hydrogen-bond donors (Lipinski definition) is 0. The van der Waals surface area contributed by atoms with Gasteiger partial charge in [0.25, 0.3) is 5.89 Å². The Kier molecular flexibility index (Phi) is 5.51. The van der Waals surface area contributed by atoms with E-state index in [1.54, 1.807) is 6.92 Å². The van der Waals surface area contributed by atoms with Crippen molar-refractivity contribution in [2.45, 2.75) is 20.0 Å². The smallest absolute Gasteiger partial charge is 0.342 e. The van der Waals surface area contributed by atoms with Gasteiger partial charge in [-0.25, -0.2) is 4.79 Å². The molecule has 0 aliphatic carbocycles.